The van der Waals surface area contributed by atoms with Crippen molar-refractivity contribution in [2.24, 2.45) is 0 Å². The van der Waals surface area contributed by atoms with E-state index in [1.54, 1.807) is 12.1 Å². The van der Waals surface area contributed by atoms with Gasteiger partial charge in [-0.05, 0) is 30.7 Å². The quantitative estimate of drug-likeness (QED) is 0.786. The molecule has 98 valence electrons. The third kappa shape index (κ3) is 6.39. The van der Waals surface area contributed by atoms with Gasteiger partial charge in [0.05, 0.1) is 0 Å². The Hall–Kier alpha value is -1.36. The van der Waals surface area contributed by atoms with Gasteiger partial charge >= 0.3 is 0 Å². The molecule has 0 aliphatic carbocycles. The number of halogens is 1. The number of ether oxygens (including phenoxy) is 1. The van der Waals surface area contributed by atoms with Gasteiger partial charge in [-0.1, -0.05) is 15.9 Å². The first-order chi connectivity index (χ1) is 8.58. The summed E-state index contributed by atoms with van der Waals surface area (Å²) >= 11 is 3.32. The van der Waals surface area contributed by atoms with Crippen LogP contribution >= 0.6 is 15.9 Å². The summed E-state index contributed by atoms with van der Waals surface area (Å²) in [5.74, 6) is 0.630. The van der Waals surface area contributed by atoms with Crippen molar-refractivity contribution in [3.8, 4) is 5.75 Å². The van der Waals surface area contributed by atoms with E-state index in [9.17, 15) is 9.59 Å². The number of carbonyl (C=O) groups is 2. The fourth-order valence-corrected chi connectivity index (χ4v) is 1.58. The zero-order valence-corrected chi connectivity index (χ0v) is 11.8. The molecule has 4 nitrogen and oxygen atoms in total. The number of amides is 1. The zero-order valence-electron chi connectivity index (χ0n) is 10.2. The summed E-state index contributed by atoms with van der Waals surface area (Å²) in [5.41, 5.74) is 0. The van der Waals surface area contributed by atoms with Crippen LogP contribution in [0, 0.1) is 0 Å². The van der Waals surface area contributed by atoms with Crippen LogP contribution in [0.25, 0.3) is 0 Å². The molecule has 1 N–H and O–H groups in total. The fraction of sp³-hybridized carbons (Fsp3) is 0.385. The molecule has 0 aliphatic rings. The molecule has 0 saturated carbocycles. The average Bonchev–Trinajstić information content (AvgIpc) is 2.34. The number of carbonyl (C=O) groups excluding carboxylic acids is 2. The van der Waals surface area contributed by atoms with E-state index in [1.807, 2.05) is 12.1 Å². The highest BCUT2D eigenvalue weighted by Crippen LogP contribution is 2.16. The molecule has 0 atom stereocenters. The third-order valence-corrected chi connectivity index (χ3v) is 2.75. The molecule has 0 spiro atoms. The van der Waals surface area contributed by atoms with Crippen molar-refractivity contribution < 1.29 is 14.3 Å². The Bertz CT molecular complexity index is 403. The molecule has 0 aromatic heterocycles. The highest BCUT2D eigenvalue weighted by atomic mass is 79.9. The monoisotopic (exact) mass is 313 g/mol. The first-order valence-corrected chi connectivity index (χ1v) is 6.52. The maximum atomic E-state index is 11.5. The number of benzene rings is 1. The Balaban J connectivity index is 2.17. The van der Waals surface area contributed by atoms with Gasteiger partial charge in [-0.25, -0.2) is 0 Å². The average molecular weight is 314 g/mol. The first kappa shape index (κ1) is 14.7. The van der Waals surface area contributed by atoms with Crippen LogP contribution in [0.2, 0.25) is 0 Å². The van der Waals surface area contributed by atoms with Crippen molar-refractivity contribution in [1.29, 1.82) is 0 Å². The van der Waals surface area contributed by atoms with Crippen LogP contribution < -0.4 is 10.1 Å². The van der Waals surface area contributed by atoms with Gasteiger partial charge in [0.2, 0.25) is 5.91 Å². The van der Waals surface area contributed by atoms with Gasteiger partial charge in [-0.15, -0.1) is 0 Å². The minimum absolute atomic E-state index is 0.0308. The number of hydrogen-bond acceptors (Lipinski definition) is 3. The minimum Gasteiger partial charge on any atom is -0.486 e. The van der Waals surface area contributed by atoms with Crippen molar-refractivity contribution in [2.45, 2.75) is 19.8 Å². The minimum atomic E-state index is -0.0754. The summed E-state index contributed by atoms with van der Waals surface area (Å²) in [6.45, 7) is 2.06. The molecule has 0 saturated heterocycles. The molecule has 1 amide bonds. The van der Waals surface area contributed by atoms with Crippen molar-refractivity contribution in [3.05, 3.63) is 28.7 Å². The van der Waals surface area contributed by atoms with Gasteiger partial charge in [0.25, 0.3) is 0 Å². The van der Waals surface area contributed by atoms with E-state index < -0.39 is 0 Å². The number of Topliss-reactive ketones (excluding diaryl/α,β-unsaturated/α-hetero) is 1. The Morgan fingerprint density at radius 2 is 1.94 bits per heavy atom. The largest absolute Gasteiger partial charge is 0.486 e. The zero-order chi connectivity index (χ0) is 13.4. The summed E-state index contributed by atoms with van der Waals surface area (Å²) < 4.78 is 6.31. The summed E-state index contributed by atoms with van der Waals surface area (Å²) in [6, 6.07) is 7.32. The third-order valence-electron chi connectivity index (χ3n) is 2.22. The van der Waals surface area contributed by atoms with Crippen LogP contribution in [-0.4, -0.2) is 24.8 Å². The van der Waals surface area contributed by atoms with Crippen molar-refractivity contribution in [3.63, 3.8) is 0 Å². The maximum Gasteiger partial charge on any atom is 0.216 e. The number of rotatable bonds is 7. The lowest BCUT2D eigenvalue weighted by Crippen LogP contribution is -2.22. The molecule has 18 heavy (non-hydrogen) atoms. The highest BCUT2D eigenvalue weighted by Gasteiger charge is 2.03. The fourth-order valence-electron chi connectivity index (χ4n) is 1.32. The second kappa shape index (κ2) is 7.87. The number of hydrogen-bond donors (Lipinski definition) is 1. The lowest BCUT2D eigenvalue weighted by Gasteiger charge is -2.05. The Labute approximate surface area is 115 Å². The second-order valence-electron chi connectivity index (χ2n) is 3.87. The molecule has 0 heterocycles. The number of ketones is 1. The van der Waals surface area contributed by atoms with Gasteiger partial charge in [-0.3, -0.25) is 9.59 Å². The predicted molar refractivity (Wildman–Crippen MR) is 72.6 cm³/mol. The summed E-state index contributed by atoms with van der Waals surface area (Å²) in [5, 5.41) is 2.64. The molecule has 0 unspecified atom stereocenters. The van der Waals surface area contributed by atoms with Crippen LogP contribution in [0.1, 0.15) is 19.8 Å². The van der Waals surface area contributed by atoms with Gasteiger partial charge < -0.3 is 10.1 Å². The van der Waals surface area contributed by atoms with Crippen LogP contribution in [0.4, 0.5) is 0 Å². The van der Waals surface area contributed by atoms with E-state index in [0.717, 1.165) is 4.47 Å². The molecule has 0 fully saturated rings. The lowest BCUT2D eigenvalue weighted by molar-refractivity contribution is -0.122. The lowest BCUT2D eigenvalue weighted by atomic mass is 10.2. The van der Waals surface area contributed by atoms with E-state index >= 15 is 0 Å². The normalized spacial score (nSPS) is 9.89. The van der Waals surface area contributed by atoms with Crippen molar-refractivity contribution in [2.75, 3.05) is 13.2 Å². The molecule has 0 bridgehead atoms. The van der Waals surface area contributed by atoms with Gasteiger partial charge in [0.15, 0.2) is 5.78 Å². The predicted octanol–water partition coefficient (Wildman–Crippen LogP) is 2.31. The van der Waals surface area contributed by atoms with Crippen LogP contribution in [-0.2, 0) is 9.59 Å². The molecule has 5 heteroatoms. The first-order valence-electron chi connectivity index (χ1n) is 5.72. The Kier molecular flexibility index (Phi) is 6.43. The van der Waals surface area contributed by atoms with Crippen LogP contribution in [0.15, 0.2) is 28.7 Å². The smallest absolute Gasteiger partial charge is 0.216 e. The standard InChI is InChI=1S/C13H16BrNO3/c1-10(16)15-8-2-3-12(17)9-18-13-6-4-11(14)5-7-13/h4-7H,2-3,8-9H2,1H3,(H,15,16). The topological polar surface area (TPSA) is 55.4 Å². The maximum absolute atomic E-state index is 11.5. The summed E-state index contributed by atoms with van der Waals surface area (Å²) in [4.78, 5) is 22.1. The molecular weight excluding hydrogens is 298 g/mol. The Morgan fingerprint density at radius 1 is 1.28 bits per heavy atom. The van der Waals surface area contributed by atoms with E-state index in [4.69, 9.17) is 4.74 Å². The molecular formula is C13H16BrNO3. The van der Waals surface area contributed by atoms with Crippen molar-refractivity contribution in [1.82, 2.24) is 5.32 Å². The summed E-state index contributed by atoms with van der Waals surface area (Å²) in [7, 11) is 0. The second-order valence-corrected chi connectivity index (χ2v) is 4.78. The van der Waals surface area contributed by atoms with E-state index in [-0.39, 0.29) is 18.3 Å². The number of nitrogens with one attached hydrogen (secondary N) is 1. The molecule has 1 rings (SSSR count). The molecule has 1 aromatic rings. The van der Waals surface area contributed by atoms with Crippen molar-refractivity contribution >= 4 is 27.6 Å². The molecule has 0 radical (unpaired) electrons. The molecule has 0 aliphatic heterocycles. The van der Waals surface area contributed by atoms with Crippen LogP contribution in [0.5, 0.6) is 5.75 Å². The van der Waals surface area contributed by atoms with E-state index in [2.05, 4.69) is 21.2 Å². The van der Waals surface area contributed by atoms with E-state index in [1.165, 1.54) is 6.92 Å². The van der Waals surface area contributed by atoms with Gasteiger partial charge in [-0.2, -0.15) is 0 Å². The van der Waals surface area contributed by atoms with Crippen LogP contribution in [0.3, 0.4) is 0 Å². The molecule has 1 aromatic carbocycles. The van der Waals surface area contributed by atoms with E-state index in [0.29, 0.717) is 25.1 Å². The summed E-state index contributed by atoms with van der Waals surface area (Å²) in [6.07, 6.45) is 1.05. The highest BCUT2D eigenvalue weighted by molar-refractivity contribution is 9.10. The van der Waals surface area contributed by atoms with Gasteiger partial charge in [0, 0.05) is 24.4 Å². The SMILES string of the molecule is CC(=O)NCCCC(=O)COc1ccc(Br)cc1. The Morgan fingerprint density at radius 3 is 2.56 bits per heavy atom. The van der Waals surface area contributed by atoms with Gasteiger partial charge in [0.1, 0.15) is 12.4 Å².